The second-order valence-electron chi connectivity index (χ2n) is 5.10. The van der Waals surface area contributed by atoms with Gasteiger partial charge in [-0.1, -0.05) is 12.1 Å². The van der Waals surface area contributed by atoms with E-state index in [4.69, 9.17) is 11.1 Å². The summed E-state index contributed by atoms with van der Waals surface area (Å²) >= 11 is 0. The molecule has 98 valence electrons. The van der Waals surface area contributed by atoms with Crippen LogP contribution >= 0.6 is 0 Å². The van der Waals surface area contributed by atoms with Gasteiger partial charge in [0, 0.05) is 11.3 Å². The van der Waals surface area contributed by atoms with Crippen LogP contribution in [0.25, 0.3) is 5.69 Å². The van der Waals surface area contributed by atoms with Crippen LogP contribution in [-0.4, -0.2) is 15.4 Å². The number of nitrogens with one attached hydrogen (secondary N) is 1. The summed E-state index contributed by atoms with van der Waals surface area (Å²) in [6.07, 6.45) is 6.42. The van der Waals surface area contributed by atoms with Crippen LogP contribution in [0, 0.1) is 12.3 Å². The highest BCUT2D eigenvalue weighted by Crippen LogP contribution is 2.26. The summed E-state index contributed by atoms with van der Waals surface area (Å²) in [6.45, 7) is 2.05. The first-order valence-electron chi connectivity index (χ1n) is 6.68. The number of nitrogens with two attached hydrogens (primary N) is 1. The summed E-state index contributed by atoms with van der Waals surface area (Å²) in [5.41, 5.74) is 11.1. The van der Waals surface area contributed by atoms with Crippen molar-refractivity contribution in [3.63, 3.8) is 0 Å². The minimum Gasteiger partial charge on any atom is -0.384 e. The zero-order chi connectivity index (χ0) is 13.4. The number of nitrogen functional groups attached to an aromatic ring is 1. The SMILES string of the molecule is Cc1cccc(C(=N)N)c1-n1cnc2c1CCCC2. The molecule has 2 aromatic rings. The molecular weight excluding hydrogens is 236 g/mol. The Hall–Kier alpha value is -2.10. The highest BCUT2D eigenvalue weighted by atomic mass is 15.1. The van der Waals surface area contributed by atoms with Crippen molar-refractivity contribution >= 4 is 5.84 Å². The van der Waals surface area contributed by atoms with E-state index in [1.165, 1.54) is 24.2 Å². The number of fused-ring (bicyclic) bond motifs is 1. The van der Waals surface area contributed by atoms with Gasteiger partial charge in [-0.25, -0.2) is 4.98 Å². The Morgan fingerprint density at radius 1 is 1.32 bits per heavy atom. The molecule has 1 aromatic carbocycles. The predicted octanol–water partition coefficient (Wildman–Crippen LogP) is 2.34. The third kappa shape index (κ3) is 1.93. The molecule has 0 amide bonds. The van der Waals surface area contributed by atoms with Gasteiger partial charge in [0.25, 0.3) is 0 Å². The third-order valence-corrected chi connectivity index (χ3v) is 3.80. The number of aromatic nitrogens is 2. The van der Waals surface area contributed by atoms with Gasteiger partial charge in [-0.05, 0) is 44.2 Å². The van der Waals surface area contributed by atoms with Crippen LogP contribution in [0.4, 0.5) is 0 Å². The van der Waals surface area contributed by atoms with Crippen LogP contribution in [0.15, 0.2) is 24.5 Å². The van der Waals surface area contributed by atoms with Gasteiger partial charge in [-0.15, -0.1) is 0 Å². The maximum atomic E-state index is 7.76. The molecule has 19 heavy (non-hydrogen) atoms. The van der Waals surface area contributed by atoms with Crippen LogP contribution in [0.1, 0.15) is 35.4 Å². The zero-order valence-electron chi connectivity index (χ0n) is 11.1. The molecule has 4 heteroatoms. The van der Waals surface area contributed by atoms with Crippen molar-refractivity contribution < 1.29 is 0 Å². The van der Waals surface area contributed by atoms with E-state index in [9.17, 15) is 0 Å². The molecule has 0 unspecified atom stereocenters. The highest BCUT2D eigenvalue weighted by Gasteiger charge is 2.19. The molecular formula is C15H18N4. The minimum atomic E-state index is 0.108. The number of hydrogen-bond donors (Lipinski definition) is 2. The Labute approximate surface area is 112 Å². The quantitative estimate of drug-likeness (QED) is 0.638. The molecule has 0 bridgehead atoms. The fraction of sp³-hybridized carbons (Fsp3) is 0.333. The second-order valence-corrected chi connectivity index (χ2v) is 5.10. The van der Waals surface area contributed by atoms with Crippen molar-refractivity contribution in [1.82, 2.24) is 9.55 Å². The first-order chi connectivity index (χ1) is 9.18. The molecule has 0 saturated carbocycles. The molecule has 0 aliphatic heterocycles. The summed E-state index contributed by atoms with van der Waals surface area (Å²) in [5.74, 6) is 0.108. The molecule has 1 heterocycles. The number of aryl methyl sites for hydroxylation is 2. The number of nitrogens with zero attached hydrogens (tertiary/aromatic N) is 2. The third-order valence-electron chi connectivity index (χ3n) is 3.80. The number of imidazole rings is 1. The van der Waals surface area contributed by atoms with Crippen LogP contribution in [-0.2, 0) is 12.8 Å². The van der Waals surface area contributed by atoms with E-state index in [0.29, 0.717) is 0 Å². The monoisotopic (exact) mass is 254 g/mol. The maximum Gasteiger partial charge on any atom is 0.124 e. The number of hydrogen-bond acceptors (Lipinski definition) is 2. The number of para-hydroxylation sites is 1. The number of rotatable bonds is 2. The van der Waals surface area contributed by atoms with Crippen molar-refractivity contribution in [2.45, 2.75) is 32.6 Å². The van der Waals surface area contributed by atoms with Gasteiger partial charge >= 0.3 is 0 Å². The maximum absolute atomic E-state index is 7.76. The summed E-state index contributed by atoms with van der Waals surface area (Å²) in [6, 6.07) is 5.90. The molecule has 0 saturated heterocycles. The average Bonchev–Trinajstić information content (AvgIpc) is 2.82. The van der Waals surface area contributed by atoms with Gasteiger partial charge in [0.05, 0.1) is 17.7 Å². The first-order valence-corrected chi connectivity index (χ1v) is 6.68. The van der Waals surface area contributed by atoms with Crippen molar-refractivity contribution in [2.24, 2.45) is 5.73 Å². The van der Waals surface area contributed by atoms with Crippen LogP contribution in [0.2, 0.25) is 0 Å². The van der Waals surface area contributed by atoms with E-state index in [1.807, 2.05) is 18.5 Å². The van der Waals surface area contributed by atoms with Gasteiger partial charge in [0.2, 0.25) is 0 Å². The summed E-state index contributed by atoms with van der Waals surface area (Å²) in [5, 5.41) is 7.76. The largest absolute Gasteiger partial charge is 0.384 e. The Morgan fingerprint density at radius 3 is 2.89 bits per heavy atom. The van der Waals surface area contributed by atoms with E-state index >= 15 is 0 Å². The lowest BCUT2D eigenvalue weighted by Crippen LogP contribution is -2.17. The second kappa shape index (κ2) is 4.53. The van der Waals surface area contributed by atoms with E-state index in [1.54, 1.807) is 0 Å². The van der Waals surface area contributed by atoms with E-state index in [2.05, 4.69) is 22.5 Å². The molecule has 0 atom stereocenters. The number of amidine groups is 1. The van der Waals surface area contributed by atoms with Gasteiger partial charge in [0.1, 0.15) is 5.84 Å². The van der Waals surface area contributed by atoms with E-state index < -0.39 is 0 Å². The summed E-state index contributed by atoms with van der Waals surface area (Å²) in [4.78, 5) is 4.53. The first kappa shape index (κ1) is 12.0. The molecule has 3 N–H and O–H groups in total. The standard InChI is InChI=1S/C15H18N4/c1-10-5-4-6-11(15(16)17)14(10)19-9-18-12-7-2-3-8-13(12)19/h4-6,9H,2-3,7-8H2,1H3,(H3,16,17). The average molecular weight is 254 g/mol. The van der Waals surface area contributed by atoms with Gasteiger partial charge in [-0.2, -0.15) is 0 Å². The highest BCUT2D eigenvalue weighted by molar-refractivity contribution is 5.99. The number of benzene rings is 1. The lowest BCUT2D eigenvalue weighted by atomic mass is 10.00. The van der Waals surface area contributed by atoms with Crippen molar-refractivity contribution in [3.8, 4) is 5.69 Å². The molecule has 1 aliphatic rings. The van der Waals surface area contributed by atoms with Gasteiger partial charge < -0.3 is 10.3 Å². The summed E-state index contributed by atoms with van der Waals surface area (Å²) in [7, 11) is 0. The summed E-state index contributed by atoms with van der Waals surface area (Å²) < 4.78 is 2.13. The Balaban J connectivity index is 2.22. The van der Waals surface area contributed by atoms with E-state index in [-0.39, 0.29) is 5.84 Å². The fourth-order valence-corrected chi connectivity index (χ4v) is 2.86. The Morgan fingerprint density at radius 2 is 2.11 bits per heavy atom. The van der Waals surface area contributed by atoms with Crippen LogP contribution in [0.3, 0.4) is 0 Å². The lowest BCUT2D eigenvalue weighted by Gasteiger charge is -2.18. The topological polar surface area (TPSA) is 67.7 Å². The van der Waals surface area contributed by atoms with Crippen molar-refractivity contribution in [2.75, 3.05) is 0 Å². The van der Waals surface area contributed by atoms with E-state index in [0.717, 1.165) is 29.7 Å². The molecule has 1 aliphatic carbocycles. The van der Waals surface area contributed by atoms with Crippen LogP contribution in [0.5, 0.6) is 0 Å². The molecule has 1 aromatic heterocycles. The minimum absolute atomic E-state index is 0.108. The predicted molar refractivity (Wildman–Crippen MR) is 76.0 cm³/mol. The van der Waals surface area contributed by atoms with Crippen molar-refractivity contribution in [1.29, 1.82) is 5.41 Å². The fourth-order valence-electron chi connectivity index (χ4n) is 2.86. The van der Waals surface area contributed by atoms with Gasteiger partial charge in [0.15, 0.2) is 0 Å². The molecule has 3 rings (SSSR count). The zero-order valence-corrected chi connectivity index (χ0v) is 11.1. The Bertz CT molecular complexity index is 640. The van der Waals surface area contributed by atoms with Crippen molar-refractivity contribution in [3.05, 3.63) is 47.0 Å². The molecule has 0 radical (unpaired) electrons. The molecule has 0 spiro atoms. The smallest absolute Gasteiger partial charge is 0.124 e. The normalized spacial score (nSPS) is 14.2. The van der Waals surface area contributed by atoms with Crippen LogP contribution < -0.4 is 5.73 Å². The Kier molecular flexibility index (Phi) is 2.85. The lowest BCUT2D eigenvalue weighted by molar-refractivity contribution is 0.655. The molecule has 4 nitrogen and oxygen atoms in total. The van der Waals surface area contributed by atoms with Gasteiger partial charge in [-0.3, -0.25) is 5.41 Å². The molecule has 0 fully saturated rings.